The summed E-state index contributed by atoms with van der Waals surface area (Å²) < 4.78 is 0. The van der Waals surface area contributed by atoms with Crippen LogP contribution in [0.4, 0.5) is 0 Å². The number of allylic oxidation sites excluding steroid dienone is 2. The Morgan fingerprint density at radius 3 is 2.21 bits per heavy atom. The van der Waals surface area contributed by atoms with Crippen LogP contribution in [0, 0.1) is 12.8 Å². The smallest absolute Gasteiger partial charge is 0.303 e. The molecule has 10 heteroatoms. The number of carbonyl (C=O) groups is 4. The third kappa shape index (κ3) is 6.63. The van der Waals surface area contributed by atoms with Crippen molar-refractivity contribution >= 4 is 29.8 Å². The molecule has 1 aromatic heterocycles. The fourth-order valence-electron chi connectivity index (χ4n) is 6.84. The van der Waals surface area contributed by atoms with E-state index in [0.717, 1.165) is 62.5 Å². The highest BCUT2D eigenvalue weighted by atomic mass is 16.4. The molecule has 1 aromatic rings. The summed E-state index contributed by atoms with van der Waals surface area (Å²) in [6.45, 7) is 11.8. The first kappa shape index (κ1) is 31.8. The third-order valence-electron chi connectivity index (χ3n) is 9.45. The Morgan fingerprint density at radius 2 is 1.60 bits per heavy atom. The van der Waals surface area contributed by atoms with Gasteiger partial charge in [-0.1, -0.05) is 19.9 Å². The van der Waals surface area contributed by atoms with Crippen molar-refractivity contribution in [3.63, 3.8) is 0 Å². The molecule has 3 aliphatic rings. The number of amides is 2. The van der Waals surface area contributed by atoms with E-state index in [4.69, 9.17) is 0 Å². The van der Waals surface area contributed by atoms with Crippen molar-refractivity contribution in [3.05, 3.63) is 62.2 Å². The number of carboxylic acids is 2. The van der Waals surface area contributed by atoms with Crippen molar-refractivity contribution in [2.75, 3.05) is 0 Å². The number of hydrogen-bond donors (Lipinski definition) is 6. The van der Waals surface area contributed by atoms with Crippen LogP contribution in [0.5, 0.6) is 0 Å². The number of H-pyrrole nitrogens is 1. The normalized spacial score (nSPS) is 25.6. The predicted molar refractivity (Wildman–Crippen MR) is 164 cm³/mol. The van der Waals surface area contributed by atoms with Gasteiger partial charge >= 0.3 is 11.9 Å². The molecule has 3 aliphatic heterocycles. The van der Waals surface area contributed by atoms with Gasteiger partial charge in [-0.15, -0.1) is 0 Å². The van der Waals surface area contributed by atoms with Crippen molar-refractivity contribution in [2.24, 2.45) is 5.92 Å². The molecule has 1 saturated heterocycles. The zero-order valence-electron chi connectivity index (χ0n) is 25.9. The number of aliphatic carboxylic acids is 2. The van der Waals surface area contributed by atoms with Gasteiger partial charge in [0.15, 0.2) is 0 Å². The summed E-state index contributed by atoms with van der Waals surface area (Å²) in [5.41, 5.74) is 8.94. The van der Waals surface area contributed by atoms with Crippen molar-refractivity contribution in [1.82, 2.24) is 20.9 Å². The number of aromatic nitrogens is 1. The van der Waals surface area contributed by atoms with Crippen LogP contribution >= 0.6 is 0 Å². The van der Waals surface area contributed by atoms with E-state index in [1.807, 2.05) is 53.7 Å². The first-order valence-corrected chi connectivity index (χ1v) is 15.2. The average Bonchev–Trinajstić information content (AvgIpc) is 3.59. The van der Waals surface area contributed by atoms with Crippen LogP contribution in [0.2, 0.25) is 0 Å². The highest BCUT2D eigenvalue weighted by molar-refractivity contribution is 5.97. The molecule has 6 N–H and O–H groups in total. The van der Waals surface area contributed by atoms with Crippen LogP contribution < -0.4 is 16.0 Å². The minimum atomic E-state index is -0.888. The van der Waals surface area contributed by atoms with Gasteiger partial charge in [-0.3, -0.25) is 19.2 Å². The zero-order chi connectivity index (χ0) is 31.6. The van der Waals surface area contributed by atoms with Crippen molar-refractivity contribution in [2.45, 2.75) is 105 Å². The molecule has 0 aromatic carbocycles. The van der Waals surface area contributed by atoms with Crippen molar-refractivity contribution in [1.29, 1.82) is 0 Å². The van der Waals surface area contributed by atoms with E-state index in [0.29, 0.717) is 25.7 Å². The van der Waals surface area contributed by atoms with Crippen molar-refractivity contribution in [3.8, 4) is 0 Å². The summed E-state index contributed by atoms with van der Waals surface area (Å²) in [5, 5.41) is 28.7. The largest absolute Gasteiger partial charge is 0.481 e. The number of carboxylic acid groups (broad SMARTS) is 2. The number of hydrogen-bond acceptors (Lipinski definition) is 5. The molecule has 0 radical (unpaired) electrons. The maximum Gasteiger partial charge on any atom is 0.303 e. The van der Waals surface area contributed by atoms with Crippen LogP contribution in [-0.2, 0) is 32.0 Å². The quantitative estimate of drug-likeness (QED) is 0.199. The molecule has 0 spiro atoms. The molecule has 4 atom stereocenters. The lowest BCUT2D eigenvalue weighted by molar-refractivity contribution is -0.138. The highest BCUT2D eigenvalue weighted by Gasteiger charge is 2.37. The monoisotopic (exact) mass is 592 g/mol. The van der Waals surface area contributed by atoms with Gasteiger partial charge in [0.05, 0.1) is 6.04 Å². The molecule has 0 bridgehead atoms. The number of rotatable bonds is 12. The second-order valence-corrected chi connectivity index (χ2v) is 11.9. The molecule has 4 heterocycles. The zero-order valence-corrected chi connectivity index (χ0v) is 25.9. The van der Waals surface area contributed by atoms with Gasteiger partial charge in [-0.25, -0.2) is 0 Å². The molecule has 1 fully saturated rings. The second kappa shape index (κ2) is 13.1. The Labute approximate surface area is 252 Å². The van der Waals surface area contributed by atoms with Gasteiger partial charge in [0.1, 0.15) is 0 Å². The predicted octanol–water partition coefficient (Wildman–Crippen LogP) is 4.07. The summed E-state index contributed by atoms with van der Waals surface area (Å²) in [6.07, 6.45) is 6.42. The van der Waals surface area contributed by atoms with Gasteiger partial charge < -0.3 is 31.1 Å². The molecule has 0 aliphatic carbocycles. The fraction of sp³-hybridized carbons (Fsp3) is 0.515. The first-order chi connectivity index (χ1) is 20.4. The maximum atomic E-state index is 12.4. The van der Waals surface area contributed by atoms with Gasteiger partial charge in [-0.2, -0.15) is 0 Å². The summed E-state index contributed by atoms with van der Waals surface area (Å²) in [4.78, 5) is 51.4. The van der Waals surface area contributed by atoms with E-state index in [1.54, 1.807) is 0 Å². The summed E-state index contributed by atoms with van der Waals surface area (Å²) in [7, 11) is 0. The Balaban J connectivity index is 1.69. The lowest BCUT2D eigenvalue weighted by atomic mass is 9.90. The van der Waals surface area contributed by atoms with Crippen LogP contribution in [-0.4, -0.2) is 57.1 Å². The topological polar surface area (TPSA) is 161 Å². The van der Waals surface area contributed by atoms with Gasteiger partial charge in [0.2, 0.25) is 11.8 Å². The Bertz CT molecular complexity index is 1460. The Kier molecular flexibility index (Phi) is 9.67. The molecule has 2 unspecified atom stereocenters. The van der Waals surface area contributed by atoms with E-state index in [2.05, 4.69) is 20.9 Å². The van der Waals surface area contributed by atoms with E-state index in [9.17, 15) is 29.4 Å². The molecule has 10 nitrogen and oxygen atoms in total. The van der Waals surface area contributed by atoms with E-state index in [1.165, 1.54) is 0 Å². The molecule has 232 valence electrons. The number of nitrogens with one attached hydrogen (secondary N) is 4. The number of aromatic amines is 1. The van der Waals surface area contributed by atoms with Gasteiger partial charge in [0.25, 0.3) is 0 Å². The van der Waals surface area contributed by atoms with Crippen LogP contribution in [0.15, 0.2) is 39.6 Å². The van der Waals surface area contributed by atoms with Crippen LogP contribution in [0.25, 0.3) is 6.08 Å². The minimum absolute atomic E-state index is 0.0224. The maximum absolute atomic E-state index is 12.4. The third-order valence-corrected chi connectivity index (χ3v) is 9.45. The van der Waals surface area contributed by atoms with Crippen molar-refractivity contribution < 1.29 is 29.4 Å². The molecule has 43 heavy (non-hydrogen) atoms. The summed E-state index contributed by atoms with van der Waals surface area (Å²) in [6, 6.07) is -0.274. The Hall–Kier alpha value is -4.08. The molecule has 0 saturated carbocycles. The number of carbonyl (C=O) groups excluding carboxylic acids is 2. The van der Waals surface area contributed by atoms with Gasteiger partial charge in [0, 0.05) is 65.5 Å². The Morgan fingerprint density at radius 1 is 0.930 bits per heavy atom. The summed E-state index contributed by atoms with van der Waals surface area (Å²) in [5.74, 6) is -1.82. The van der Waals surface area contributed by atoms with E-state index in [-0.39, 0.29) is 48.7 Å². The standard InChI is InChI=1S/C33H44N4O6/c1-7-20-19(6)32(42)37-27(20)14-25-18(5)23(10-12-31(40)41)29(35-25)15-28-22(9-11-30(38)39)17(4)24(34-28)13-26-16(3)21(8-2)33(43)36-26/h8,15-16,24,26-27,34-35H,7,9-14H2,1-6H3,(H,36,43)(H,37,42)(H,38,39)(H,40,41)/b21-8-,28-15-/t16?,24?,26-,27+/m1/s1. The fourth-order valence-corrected chi connectivity index (χ4v) is 6.84. The lowest BCUT2D eigenvalue weighted by Gasteiger charge is -2.21. The molecule has 4 rings (SSSR count). The SMILES string of the molecule is C/C=C1\C(=O)N[C@H](CC2N/C(=C\c3[nH]c(C[C@@H]4NC(=O)C(C)=C4CC)c(C)c3CCC(=O)O)C(CCC(=O)O)=C2C)C1C. The molecular weight excluding hydrogens is 548 g/mol. The van der Waals surface area contributed by atoms with Crippen LogP contribution in [0.1, 0.15) is 89.2 Å². The highest BCUT2D eigenvalue weighted by Crippen LogP contribution is 2.35. The second-order valence-electron chi connectivity index (χ2n) is 11.9. The molecule has 2 amide bonds. The average molecular weight is 593 g/mol. The first-order valence-electron chi connectivity index (χ1n) is 15.2. The van der Waals surface area contributed by atoms with E-state index < -0.39 is 11.9 Å². The lowest BCUT2D eigenvalue weighted by Crippen LogP contribution is -2.36. The summed E-state index contributed by atoms with van der Waals surface area (Å²) >= 11 is 0. The van der Waals surface area contributed by atoms with Gasteiger partial charge in [-0.05, 0) is 87.3 Å². The minimum Gasteiger partial charge on any atom is -0.481 e. The molecular formula is C33H44N4O6. The van der Waals surface area contributed by atoms with E-state index >= 15 is 0 Å². The van der Waals surface area contributed by atoms with Crippen LogP contribution in [0.3, 0.4) is 0 Å².